The van der Waals surface area contributed by atoms with Gasteiger partial charge < -0.3 is 20.1 Å². The highest BCUT2D eigenvalue weighted by Gasteiger charge is 2.21. The van der Waals surface area contributed by atoms with Gasteiger partial charge in [-0.2, -0.15) is 0 Å². The fraction of sp³-hybridized carbons (Fsp3) is 0.533. The van der Waals surface area contributed by atoms with Crippen LogP contribution in [0.2, 0.25) is 0 Å². The number of amides is 1. The molecule has 0 bridgehead atoms. The third kappa shape index (κ3) is 3.42. The Morgan fingerprint density at radius 2 is 2.10 bits per heavy atom. The summed E-state index contributed by atoms with van der Waals surface area (Å²) in [7, 11) is 3.14. The molecule has 1 aliphatic rings. The molecule has 2 atom stereocenters. The van der Waals surface area contributed by atoms with Crippen LogP contribution in [0.25, 0.3) is 0 Å². The van der Waals surface area contributed by atoms with Crippen molar-refractivity contribution in [3.05, 3.63) is 23.8 Å². The maximum absolute atomic E-state index is 12.4. The van der Waals surface area contributed by atoms with E-state index < -0.39 is 0 Å². The number of nitrogens with one attached hydrogen (secondary N) is 2. The predicted molar refractivity (Wildman–Crippen MR) is 77.5 cm³/mol. The number of benzene rings is 1. The first-order chi connectivity index (χ1) is 9.63. The van der Waals surface area contributed by atoms with Gasteiger partial charge in [-0.3, -0.25) is 4.79 Å². The van der Waals surface area contributed by atoms with Gasteiger partial charge in [0.25, 0.3) is 5.91 Å². The van der Waals surface area contributed by atoms with Crippen molar-refractivity contribution in [3.8, 4) is 11.5 Å². The highest BCUT2D eigenvalue weighted by atomic mass is 16.5. The molecule has 1 fully saturated rings. The minimum absolute atomic E-state index is 0.123. The number of piperidine rings is 1. The second-order valence-electron chi connectivity index (χ2n) is 5.12. The van der Waals surface area contributed by atoms with Gasteiger partial charge in [0.2, 0.25) is 0 Å². The van der Waals surface area contributed by atoms with Crippen molar-refractivity contribution in [2.75, 3.05) is 20.8 Å². The molecule has 2 rings (SSSR count). The van der Waals surface area contributed by atoms with E-state index in [-0.39, 0.29) is 11.9 Å². The Hall–Kier alpha value is -1.75. The Labute approximate surface area is 119 Å². The average Bonchev–Trinajstić information content (AvgIpc) is 2.48. The molecule has 20 heavy (non-hydrogen) atoms. The van der Waals surface area contributed by atoms with E-state index in [0.717, 1.165) is 19.4 Å². The van der Waals surface area contributed by atoms with Crippen molar-refractivity contribution in [3.63, 3.8) is 0 Å². The van der Waals surface area contributed by atoms with Gasteiger partial charge in [0.05, 0.1) is 19.8 Å². The monoisotopic (exact) mass is 278 g/mol. The van der Waals surface area contributed by atoms with Crippen molar-refractivity contribution in [2.24, 2.45) is 0 Å². The molecule has 2 N–H and O–H groups in total. The first kappa shape index (κ1) is 14.7. The zero-order chi connectivity index (χ0) is 14.5. The Balaban J connectivity index is 2.08. The lowest BCUT2D eigenvalue weighted by Gasteiger charge is -2.28. The van der Waals surface area contributed by atoms with E-state index in [9.17, 15) is 4.79 Å². The number of hydrogen-bond donors (Lipinski definition) is 2. The average molecular weight is 278 g/mol. The molecule has 1 aliphatic heterocycles. The van der Waals surface area contributed by atoms with Crippen molar-refractivity contribution in [1.82, 2.24) is 10.6 Å². The summed E-state index contributed by atoms with van der Waals surface area (Å²) >= 11 is 0. The Kier molecular flexibility index (Phi) is 4.84. The number of rotatable bonds is 4. The van der Waals surface area contributed by atoms with Crippen LogP contribution in [0.5, 0.6) is 11.5 Å². The summed E-state index contributed by atoms with van der Waals surface area (Å²) in [5, 5.41) is 6.41. The summed E-state index contributed by atoms with van der Waals surface area (Å²) in [6.07, 6.45) is 2.06. The Morgan fingerprint density at radius 3 is 2.70 bits per heavy atom. The highest BCUT2D eigenvalue weighted by molar-refractivity contribution is 5.97. The summed E-state index contributed by atoms with van der Waals surface area (Å²) in [6, 6.07) is 5.91. The van der Waals surface area contributed by atoms with Gasteiger partial charge in [0.15, 0.2) is 0 Å². The Morgan fingerprint density at radius 1 is 1.30 bits per heavy atom. The van der Waals surface area contributed by atoms with Crippen molar-refractivity contribution in [2.45, 2.75) is 31.8 Å². The smallest absolute Gasteiger partial charge is 0.255 e. The van der Waals surface area contributed by atoms with Crippen LogP contribution in [-0.2, 0) is 0 Å². The number of hydrogen-bond acceptors (Lipinski definition) is 4. The molecular formula is C15H22N2O3. The number of methoxy groups -OCH3 is 2. The molecule has 110 valence electrons. The molecule has 1 saturated heterocycles. The molecule has 5 heteroatoms. The van der Waals surface area contributed by atoms with Gasteiger partial charge in [-0.05, 0) is 38.0 Å². The van der Waals surface area contributed by atoms with Crippen LogP contribution in [0.4, 0.5) is 0 Å². The largest absolute Gasteiger partial charge is 0.497 e. The first-order valence-corrected chi connectivity index (χ1v) is 6.90. The third-order valence-corrected chi connectivity index (χ3v) is 3.65. The van der Waals surface area contributed by atoms with Crippen LogP contribution in [0.15, 0.2) is 18.2 Å². The van der Waals surface area contributed by atoms with Gasteiger partial charge in [-0.25, -0.2) is 0 Å². The number of ether oxygens (including phenoxy) is 2. The lowest BCUT2D eigenvalue weighted by atomic mass is 10.0. The van der Waals surface area contributed by atoms with Crippen LogP contribution < -0.4 is 20.1 Å². The lowest BCUT2D eigenvalue weighted by Crippen LogP contribution is -2.48. The zero-order valence-corrected chi connectivity index (χ0v) is 12.2. The number of carbonyl (C=O) groups excluding carboxylic acids is 1. The summed E-state index contributed by atoms with van der Waals surface area (Å²) in [4.78, 5) is 12.4. The molecule has 1 amide bonds. The normalized spacial score (nSPS) is 22.1. The lowest BCUT2D eigenvalue weighted by molar-refractivity contribution is 0.0924. The topological polar surface area (TPSA) is 59.6 Å². The third-order valence-electron chi connectivity index (χ3n) is 3.65. The van der Waals surface area contributed by atoms with E-state index in [2.05, 4.69) is 17.6 Å². The molecular weight excluding hydrogens is 256 g/mol. The summed E-state index contributed by atoms with van der Waals surface area (Å²) < 4.78 is 10.4. The Bertz CT molecular complexity index is 468. The van der Waals surface area contributed by atoms with E-state index in [0.29, 0.717) is 23.1 Å². The van der Waals surface area contributed by atoms with Gasteiger partial charge >= 0.3 is 0 Å². The molecule has 1 heterocycles. The van der Waals surface area contributed by atoms with Crippen molar-refractivity contribution < 1.29 is 14.3 Å². The van der Waals surface area contributed by atoms with Crippen LogP contribution >= 0.6 is 0 Å². The highest BCUT2D eigenvalue weighted by Crippen LogP contribution is 2.24. The van der Waals surface area contributed by atoms with Gasteiger partial charge in [0.1, 0.15) is 11.5 Å². The second kappa shape index (κ2) is 6.61. The van der Waals surface area contributed by atoms with Crippen molar-refractivity contribution in [1.29, 1.82) is 0 Å². The molecule has 0 aromatic heterocycles. The van der Waals surface area contributed by atoms with Gasteiger partial charge in [0, 0.05) is 18.6 Å². The fourth-order valence-electron chi connectivity index (χ4n) is 2.38. The molecule has 0 aliphatic carbocycles. The van der Waals surface area contributed by atoms with E-state index in [4.69, 9.17) is 9.47 Å². The van der Waals surface area contributed by atoms with E-state index in [1.807, 2.05) is 0 Å². The quantitative estimate of drug-likeness (QED) is 0.878. The molecule has 2 unspecified atom stereocenters. The minimum Gasteiger partial charge on any atom is -0.497 e. The first-order valence-electron chi connectivity index (χ1n) is 6.90. The zero-order valence-electron chi connectivity index (χ0n) is 12.2. The van der Waals surface area contributed by atoms with Crippen LogP contribution in [0.1, 0.15) is 30.1 Å². The van der Waals surface area contributed by atoms with E-state index >= 15 is 0 Å². The molecule has 5 nitrogen and oxygen atoms in total. The maximum Gasteiger partial charge on any atom is 0.255 e. The maximum atomic E-state index is 12.4. The van der Waals surface area contributed by atoms with Crippen LogP contribution in [0, 0.1) is 0 Å². The van der Waals surface area contributed by atoms with Gasteiger partial charge in [-0.15, -0.1) is 0 Å². The molecule has 1 aromatic rings. The molecule has 0 spiro atoms. The van der Waals surface area contributed by atoms with Gasteiger partial charge in [-0.1, -0.05) is 0 Å². The van der Waals surface area contributed by atoms with E-state index in [1.54, 1.807) is 32.4 Å². The predicted octanol–water partition coefficient (Wildman–Crippen LogP) is 1.57. The van der Waals surface area contributed by atoms with Crippen LogP contribution in [-0.4, -0.2) is 38.8 Å². The summed E-state index contributed by atoms with van der Waals surface area (Å²) in [5.41, 5.74) is 0.505. The molecule has 0 radical (unpaired) electrons. The molecule has 1 aromatic carbocycles. The summed E-state index contributed by atoms with van der Waals surface area (Å²) in [5.74, 6) is 1.08. The van der Waals surface area contributed by atoms with Crippen molar-refractivity contribution >= 4 is 5.91 Å². The summed E-state index contributed by atoms with van der Waals surface area (Å²) in [6.45, 7) is 2.96. The standard InChI is InChI=1S/C15H22N2O3/c1-10-4-5-11(9-16-10)17-15(18)13-8-12(19-2)6-7-14(13)20-3/h6-8,10-11,16H,4-5,9H2,1-3H3,(H,17,18). The molecule has 0 saturated carbocycles. The van der Waals surface area contributed by atoms with Crippen LogP contribution in [0.3, 0.4) is 0 Å². The number of carbonyl (C=O) groups is 1. The second-order valence-corrected chi connectivity index (χ2v) is 5.12. The minimum atomic E-state index is -0.123. The SMILES string of the molecule is COc1ccc(OC)c(C(=O)NC2CCC(C)NC2)c1. The fourth-order valence-corrected chi connectivity index (χ4v) is 2.38. The van der Waals surface area contributed by atoms with E-state index in [1.165, 1.54) is 0 Å².